The Balaban J connectivity index is 1.35. The van der Waals surface area contributed by atoms with E-state index in [1.807, 2.05) is 12.1 Å². The van der Waals surface area contributed by atoms with Crippen LogP contribution in [-0.4, -0.2) is 19.0 Å². The number of halogens is 1. The van der Waals surface area contributed by atoms with E-state index in [0.717, 1.165) is 42.9 Å². The number of benzene rings is 1. The van der Waals surface area contributed by atoms with E-state index in [1.54, 1.807) is 0 Å². The van der Waals surface area contributed by atoms with E-state index in [4.69, 9.17) is 21.1 Å². The molecule has 3 heteroatoms. The van der Waals surface area contributed by atoms with Crippen molar-refractivity contribution in [2.24, 2.45) is 11.8 Å². The first-order valence-corrected chi connectivity index (χ1v) is 9.35. The highest BCUT2D eigenvalue weighted by Crippen LogP contribution is 2.44. The summed E-state index contributed by atoms with van der Waals surface area (Å²) in [4.78, 5) is 0. The summed E-state index contributed by atoms with van der Waals surface area (Å²) in [6, 6.07) is 8.28. The molecule has 1 unspecified atom stereocenters. The van der Waals surface area contributed by atoms with Crippen LogP contribution < -0.4 is 0 Å². The van der Waals surface area contributed by atoms with Gasteiger partial charge in [0.25, 0.3) is 0 Å². The van der Waals surface area contributed by atoms with E-state index in [0.29, 0.717) is 0 Å². The minimum absolute atomic E-state index is 0.213. The number of ether oxygens (including phenoxy) is 2. The van der Waals surface area contributed by atoms with Gasteiger partial charge >= 0.3 is 0 Å². The molecule has 23 heavy (non-hydrogen) atoms. The van der Waals surface area contributed by atoms with Crippen molar-refractivity contribution in [3.63, 3.8) is 0 Å². The second-order valence-corrected chi connectivity index (χ2v) is 7.65. The molecule has 2 fully saturated rings. The molecule has 4 rings (SSSR count). The normalized spacial score (nSPS) is 28.0. The Morgan fingerprint density at radius 1 is 0.913 bits per heavy atom. The van der Waals surface area contributed by atoms with Crippen LogP contribution in [0.25, 0.3) is 5.57 Å². The largest absolute Gasteiger partial charge is 0.348 e. The van der Waals surface area contributed by atoms with Crippen molar-refractivity contribution in [3.8, 4) is 0 Å². The lowest BCUT2D eigenvalue weighted by atomic mass is 9.72. The predicted octanol–water partition coefficient (Wildman–Crippen LogP) is 5.46. The first-order chi connectivity index (χ1) is 11.2. The fraction of sp³-hybridized carbons (Fsp3) is 0.600. The predicted molar refractivity (Wildman–Crippen MR) is 93.4 cm³/mol. The summed E-state index contributed by atoms with van der Waals surface area (Å²) in [6.07, 6.45) is 10.9. The lowest BCUT2D eigenvalue weighted by molar-refractivity contribution is -0.184. The van der Waals surface area contributed by atoms with Crippen LogP contribution in [0.3, 0.4) is 0 Å². The van der Waals surface area contributed by atoms with Gasteiger partial charge in [-0.05, 0) is 67.2 Å². The molecule has 2 nitrogen and oxygen atoms in total. The van der Waals surface area contributed by atoms with Crippen molar-refractivity contribution < 1.29 is 9.47 Å². The smallest absolute Gasteiger partial charge is 0.168 e. The van der Waals surface area contributed by atoms with Gasteiger partial charge in [0.05, 0.1) is 13.2 Å². The Bertz CT molecular complexity index is 562. The number of rotatable bonds is 2. The standard InChI is InChI=1S/C20H25ClO2/c21-19-7-5-17(6-8-19)15-1-3-16(4-2-15)18-9-11-20(12-10-18)22-13-14-23-20/h1,5-8,16,18H,2-4,9-14H2. The minimum atomic E-state index is -0.213. The summed E-state index contributed by atoms with van der Waals surface area (Å²) in [5.74, 6) is 1.47. The molecule has 3 aliphatic rings. The van der Waals surface area contributed by atoms with E-state index in [1.165, 1.54) is 43.2 Å². The van der Waals surface area contributed by atoms with E-state index < -0.39 is 0 Å². The summed E-state index contributed by atoms with van der Waals surface area (Å²) in [5, 5.41) is 0.815. The van der Waals surface area contributed by atoms with Crippen LogP contribution >= 0.6 is 11.6 Å². The van der Waals surface area contributed by atoms with Crippen molar-refractivity contribution in [3.05, 3.63) is 40.9 Å². The van der Waals surface area contributed by atoms with Crippen LogP contribution in [0.4, 0.5) is 0 Å². The third kappa shape index (κ3) is 3.35. The maximum atomic E-state index is 5.99. The van der Waals surface area contributed by atoms with Gasteiger partial charge in [0.1, 0.15) is 0 Å². The maximum Gasteiger partial charge on any atom is 0.168 e. The van der Waals surface area contributed by atoms with Crippen LogP contribution in [-0.2, 0) is 9.47 Å². The molecule has 1 aliphatic heterocycles. The van der Waals surface area contributed by atoms with Gasteiger partial charge < -0.3 is 9.47 Å². The molecule has 0 radical (unpaired) electrons. The average molecular weight is 333 g/mol. The second-order valence-electron chi connectivity index (χ2n) is 7.22. The zero-order valence-corrected chi connectivity index (χ0v) is 14.4. The van der Waals surface area contributed by atoms with Crippen molar-refractivity contribution >= 4 is 17.2 Å². The van der Waals surface area contributed by atoms with Crippen molar-refractivity contribution in [1.82, 2.24) is 0 Å². The molecular weight excluding hydrogens is 308 g/mol. The van der Waals surface area contributed by atoms with Crippen LogP contribution in [0.2, 0.25) is 5.02 Å². The molecule has 1 atom stereocenters. The van der Waals surface area contributed by atoms with Gasteiger partial charge in [-0.3, -0.25) is 0 Å². The monoisotopic (exact) mass is 332 g/mol. The zero-order valence-electron chi connectivity index (χ0n) is 13.6. The van der Waals surface area contributed by atoms with E-state index in [-0.39, 0.29) is 5.79 Å². The maximum absolute atomic E-state index is 5.99. The minimum Gasteiger partial charge on any atom is -0.348 e. The molecule has 1 spiro atoms. The SMILES string of the molecule is Clc1ccc(C2=CCC(C3CCC4(CC3)OCCO4)CC2)cc1. The van der Waals surface area contributed by atoms with Gasteiger partial charge in [-0.25, -0.2) is 0 Å². The fourth-order valence-corrected chi connectivity index (χ4v) is 4.67. The highest BCUT2D eigenvalue weighted by atomic mass is 35.5. The first kappa shape index (κ1) is 15.7. The lowest BCUT2D eigenvalue weighted by Crippen LogP contribution is -2.37. The summed E-state index contributed by atoms with van der Waals surface area (Å²) in [5.41, 5.74) is 2.83. The van der Waals surface area contributed by atoms with Crippen LogP contribution in [0.1, 0.15) is 50.5 Å². The highest BCUT2D eigenvalue weighted by molar-refractivity contribution is 6.30. The molecule has 124 valence electrons. The average Bonchev–Trinajstić information content (AvgIpc) is 3.05. The summed E-state index contributed by atoms with van der Waals surface area (Å²) in [7, 11) is 0. The summed E-state index contributed by atoms with van der Waals surface area (Å²) < 4.78 is 11.7. The summed E-state index contributed by atoms with van der Waals surface area (Å²) in [6.45, 7) is 1.56. The van der Waals surface area contributed by atoms with E-state index in [2.05, 4.69) is 18.2 Å². The topological polar surface area (TPSA) is 18.5 Å². The van der Waals surface area contributed by atoms with Crippen LogP contribution in [0.15, 0.2) is 30.3 Å². The molecule has 1 aromatic rings. The Labute approximate surface area is 143 Å². The van der Waals surface area contributed by atoms with Crippen molar-refractivity contribution in [2.45, 2.75) is 50.7 Å². The van der Waals surface area contributed by atoms with Gasteiger partial charge in [-0.15, -0.1) is 0 Å². The molecule has 0 amide bonds. The van der Waals surface area contributed by atoms with Crippen LogP contribution in [0.5, 0.6) is 0 Å². The summed E-state index contributed by atoms with van der Waals surface area (Å²) >= 11 is 5.99. The molecule has 0 aromatic heterocycles. The molecule has 1 saturated carbocycles. The van der Waals surface area contributed by atoms with Gasteiger partial charge in [-0.2, -0.15) is 0 Å². The molecular formula is C20H25ClO2. The number of hydrogen-bond acceptors (Lipinski definition) is 2. The van der Waals surface area contributed by atoms with Gasteiger partial charge in [-0.1, -0.05) is 29.8 Å². The molecule has 1 saturated heterocycles. The quantitative estimate of drug-likeness (QED) is 0.716. The van der Waals surface area contributed by atoms with Crippen molar-refractivity contribution in [2.75, 3.05) is 13.2 Å². The molecule has 1 aromatic carbocycles. The number of allylic oxidation sites excluding steroid dienone is 2. The molecule has 2 aliphatic carbocycles. The molecule has 1 heterocycles. The Morgan fingerprint density at radius 3 is 2.22 bits per heavy atom. The van der Waals surface area contributed by atoms with E-state index in [9.17, 15) is 0 Å². The number of hydrogen-bond donors (Lipinski definition) is 0. The Morgan fingerprint density at radius 2 is 1.61 bits per heavy atom. The van der Waals surface area contributed by atoms with Crippen LogP contribution in [0, 0.1) is 11.8 Å². The van der Waals surface area contributed by atoms with Gasteiger partial charge in [0.15, 0.2) is 5.79 Å². The molecule has 0 bridgehead atoms. The fourth-order valence-electron chi connectivity index (χ4n) is 4.55. The molecule has 0 N–H and O–H groups in total. The van der Waals surface area contributed by atoms with Crippen molar-refractivity contribution in [1.29, 1.82) is 0 Å². The van der Waals surface area contributed by atoms with Gasteiger partial charge in [0, 0.05) is 17.9 Å². The van der Waals surface area contributed by atoms with Gasteiger partial charge in [0.2, 0.25) is 0 Å². The zero-order chi connectivity index (χ0) is 15.7. The Hall–Kier alpha value is -0.830. The van der Waals surface area contributed by atoms with E-state index >= 15 is 0 Å². The third-order valence-corrected chi connectivity index (χ3v) is 6.19. The lowest BCUT2D eigenvalue weighted by Gasteiger charge is -2.39. The Kier molecular flexibility index (Phi) is 4.49. The first-order valence-electron chi connectivity index (χ1n) is 8.97. The highest BCUT2D eigenvalue weighted by Gasteiger charge is 2.41. The third-order valence-electron chi connectivity index (χ3n) is 5.94. The second kappa shape index (κ2) is 6.58.